The Morgan fingerprint density at radius 3 is 1.59 bits per heavy atom. The van der Waals surface area contributed by atoms with Gasteiger partial charge in [-0.15, -0.1) is 0 Å². The maximum atomic E-state index is 11.5. The van der Waals surface area contributed by atoms with E-state index in [0.717, 1.165) is 11.1 Å². The van der Waals surface area contributed by atoms with Crippen molar-refractivity contribution in [3.05, 3.63) is 69.8 Å². The van der Waals surface area contributed by atoms with Gasteiger partial charge >= 0.3 is 5.97 Å². The summed E-state index contributed by atoms with van der Waals surface area (Å²) >= 11 is 0. The highest BCUT2D eigenvalue weighted by atomic mass is 16.4. The molecule has 0 bridgehead atoms. The average Bonchev–Trinajstić information content (AvgIpc) is 2.43. The molecule has 116 valence electrons. The summed E-state index contributed by atoms with van der Waals surface area (Å²) in [5, 5.41) is 9.42. The summed E-state index contributed by atoms with van der Waals surface area (Å²) < 4.78 is 0. The molecular formula is C20H24O2. The average molecular weight is 296 g/mol. The highest BCUT2D eigenvalue weighted by Crippen LogP contribution is 2.37. The van der Waals surface area contributed by atoms with E-state index in [0.29, 0.717) is 0 Å². The van der Waals surface area contributed by atoms with Gasteiger partial charge in [0.1, 0.15) is 0 Å². The summed E-state index contributed by atoms with van der Waals surface area (Å²) in [4.78, 5) is 11.5. The predicted octanol–water partition coefficient (Wildman–Crippen LogP) is 4.70. The Hall–Kier alpha value is -2.09. The zero-order valence-corrected chi connectivity index (χ0v) is 14.0. The molecule has 0 saturated heterocycles. The fourth-order valence-electron chi connectivity index (χ4n) is 2.84. The number of carboxylic acids is 1. The Balaban J connectivity index is 2.62. The number of aryl methyl sites for hydroxylation is 4. The molecule has 2 aromatic carbocycles. The topological polar surface area (TPSA) is 37.3 Å². The van der Waals surface area contributed by atoms with Crippen LogP contribution in [0.3, 0.4) is 0 Å². The van der Waals surface area contributed by atoms with Crippen molar-refractivity contribution in [1.82, 2.24) is 0 Å². The molecule has 0 aliphatic rings. The van der Waals surface area contributed by atoms with E-state index < -0.39 is 11.4 Å². The van der Waals surface area contributed by atoms with E-state index in [9.17, 15) is 9.90 Å². The Morgan fingerprint density at radius 1 is 0.864 bits per heavy atom. The van der Waals surface area contributed by atoms with Crippen molar-refractivity contribution >= 4 is 5.97 Å². The highest BCUT2D eigenvalue weighted by molar-refractivity contribution is 5.70. The predicted molar refractivity (Wildman–Crippen MR) is 90.5 cm³/mol. The van der Waals surface area contributed by atoms with Crippen molar-refractivity contribution in [2.45, 2.75) is 46.5 Å². The van der Waals surface area contributed by atoms with Crippen LogP contribution in [0.5, 0.6) is 0 Å². The molecule has 0 heterocycles. The van der Waals surface area contributed by atoms with Crippen LogP contribution in [0, 0.1) is 27.7 Å². The van der Waals surface area contributed by atoms with E-state index in [1.807, 2.05) is 6.92 Å². The van der Waals surface area contributed by atoms with Crippen molar-refractivity contribution in [3.8, 4) is 0 Å². The quantitative estimate of drug-likeness (QED) is 0.888. The lowest BCUT2D eigenvalue weighted by atomic mass is 9.72. The molecule has 0 saturated carbocycles. The van der Waals surface area contributed by atoms with E-state index in [4.69, 9.17) is 0 Å². The molecule has 0 spiro atoms. The van der Waals surface area contributed by atoms with Crippen LogP contribution in [0.1, 0.15) is 46.7 Å². The van der Waals surface area contributed by atoms with Crippen LogP contribution in [0.15, 0.2) is 36.4 Å². The number of carbonyl (C=O) groups is 1. The molecule has 0 fully saturated rings. The molecule has 2 aromatic rings. The third-order valence-corrected chi connectivity index (χ3v) is 4.79. The Bertz CT molecular complexity index is 662. The molecule has 1 N–H and O–H groups in total. The number of hydrogen-bond acceptors (Lipinski definition) is 1. The molecule has 0 aliphatic heterocycles. The number of rotatable bonds is 4. The van der Waals surface area contributed by atoms with Gasteiger partial charge in [-0.25, -0.2) is 0 Å². The zero-order chi connectivity index (χ0) is 16.5. The van der Waals surface area contributed by atoms with Crippen molar-refractivity contribution < 1.29 is 9.90 Å². The molecular weight excluding hydrogens is 272 g/mol. The molecule has 2 rings (SSSR count). The first-order chi connectivity index (χ1) is 10.2. The van der Waals surface area contributed by atoms with Gasteiger partial charge in [-0.1, -0.05) is 43.3 Å². The van der Waals surface area contributed by atoms with Gasteiger partial charge in [0.25, 0.3) is 0 Å². The minimum atomic E-state index is -0.779. The largest absolute Gasteiger partial charge is 0.481 e. The van der Waals surface area contributed by atoms with Crippen LogP contribution in [-0.4, -0.2) is 11.1 Å². The van der Waals surface area contributed by atoms with Crippen LogP contribution in [-0.2, 0) is 10.2 Å². The number of hydrogen-bond donors (Lipinski definition) is 1. The summed E-state index contributed by atoms with van der Waals surface area (Å²) in [7, 11) is 0. The molecule has 0 unspecified atom stereocenters. The third kappa shape index (κ3) is 3.06. The van der Waals surface area contributed by atoms with Crippen LogP contribution in [0.2, 0.25) is 0 Å². The molecule has 0 amide bonds. The second kappa shape index (κ2) is 5.96. The Kier molecular flexibility index (Phi) is 4.41. The van der Waals surface area contributed by atoms with Crippen molar-refractivity contribution in [2.75, 3.05) is 0 Å². The highest BCUT2D eigenvalue weighted by Gasteiger charge is 2.32. The zero-order valence-electron chi connectivity index (χ0n) is 14.0. The third-order valence-electron chi connectivity index (χ3n) is 4.79. The normalized spacial score (nSPS) is 11.5. The number of aliphatic carboxylic acids is 1. The van der Waals surface area contributed by atoms with Gasteiger partial charge in [0.15, 0.2) is 0 Å². The molecule has 2 nitrogen and oxygen atoms in total. The van der Waals surface area contributed by atoms with E-state index in [2.05, 4.69) is 64.1 Å². The number of benzene rings is 2. The van der Waals surface area contributed by atoms with Gasteiger partial charge in [0, 0.05) is 5.41 Å². The molecule has 0 atom stereocenters. The van der Waals surface area contributed by atoms with Crippen molar-refractivity contribution in [1.29, 1.82) is 0 Å². The lowest BCUT2D eigenvalue weighted by molar-refractivity contribution is -0.138. The minimum absolute atomic E-state index is 0.0814. The van der Waals surface area contributed by atoms with E-state index >= 15 is 0 Å². The summed E-state index contributed by atoms with van der Waals surface area (Å²) in [5.41, 5.74) is 6.42. The fraction of sp³-hybridized carbons (Fsp3) is 0.350. The SMILES string of the molecule is Cc1ccc(C(C)(CC(=O)O)c2ccc(C)c(C)c2)cc1C. The van der Waals surface area contributed by atoms with Gasteiger partial charge < -0.3 is 5.11 Å². The van der Waals surface area contributed by atoms with Crippen molar-refractivity contribution in [2.24, 2.45) is 0 Å². The van der Waals surface area contributed by atoms with Gasteiger partial charge in [0.05, 0.1) is 6.42 Å². The fourth-order valence-corrected chi connectivity index (χ4v) is 2.84. The van der Waals surface area contributed by atoms with Gasteiger partial charge in [-0.3, -0.25) is 4.79 Å². The van der Waals surface area contributed by atoms with Crippen molar-refractivity contribution in [3.63, 3.8) is 0 Å². The maximum Gasteiger partial charge on any atom is 0.304 e. The van der Waals surface area contributed by atoms with Gasteiger partial charge in [0.2, 0.25) is 0 Å². The second-order valence-corrected chi connectivity index (χ2v) is 6.50. The molecule has 0 radical (unpaired) electrons. The Labute approximate surface area is 132 Å². The minimum Gasteiger partial charge on any atom is -0.481 e. The second-order valence-electron chi connectivity index (χ2n) is 6.50. The monoisotopic (exact) mass is 296 g/mol. The first-order valence-electron chi connectivity index (χ1n) is 7.61. The molecule has 0 aromatic heterocycles. The lowest BCUT2D eigenvalue weighted by Gasteiger charge is -2.30. The van der Waals surface area contributed by atoms with Gasteiger partial charge in [-0.2, -0.15) is 0 Å². The van der Waals surface area contributed by atoms with Crippen LogP contribution in [0.4, 0.5) is 0 Å². The first kappa shape index (κ1) is 16.3. The molecule has 0 aliphatic carbocycles. The molecule has 22 heavy (non-hydrogen) atoms. The molecule has 2 heteroatoms. The first-order valence-corrected chi connectivity index (χ1v) is 7.61. The van der Waals surface area contributed by atoms with Gasteiger partial charge in [-0.05, 0) is 61.1 Å². The van der Waals surface area contributed by atoms with E-state index in [1.54, 1.807) is 0 Å². The summed E-state index contributed by atoms with van der Waals surface area (Å²) in [5.74, 6) is -0.779. The standard InChI is InChI=1S/C20H24O2/c1-13-6-8-17(10-15(13)3)20(5,12-19(21)22)18-9-7-14(2)16(4)11-18/h6-11H,12H2,1-5H3,(H,21,22). The lowest BCUT2D eigenvalue weighted by Crippen LogP contribution is -2.27. The summed E-state index contributed by atoms with van der Waals surface area (Å²) in [6, 6.07) is 12.5. The summed E-state index contributed by atoms with van der Waals surface area (Å²) in [6.45, 7) is 10.3. The number of carboxylic acid groups (broad SMARTS) is 1. The smallest absolute Gasteiger partial charge is 0.304 e. The summed E-state index contributed by atoms with van der Waals surface area (Å²) in [6.07, 6.45) is 0.0814. The van der Waals surface area contributed by atoms with Crippen LogP contribution < -0.4 is 0 Å². The maximum absolute atomic E-state index is 11.5. The van der Waals surface area contributed by atoms with Crippen LogP contribution in [0.25, 0.3) is 0 Å². The Morgan fingerprint density at radius 2 is 1.27 bits per heavy atom. The van der Waals surface area contributed by atoms with Crippen LogP contribution >= 0.6 is 0 Å². The van der Waals surface area contributed by atoms with E-state index in [-0.39, 0.29) is 6.42 Å². The van der Waals surface area contributed by atoms with E-state index in [1.165, 1.54) is 22.3 Å².